The summed E-state index contributed by atoms with van der Waals surface area (Å²) in [6, 6.07) is 10.2. The molecule has 3 rings (SSSR count). The number of hydrogen-bond acceptors (Lipinski definition) is 3. The van der Waals surface area contributed by atoms with Crippen LogP contribution in [0.15, 0.2) is 45.2 Å². The van der Waals surface area contributed by atoms with Crippen molar-refractivity contribution in [3.8, 4) is 5.75 Å². The van der Waals surface area contributed by atoms with E-state index in [0.717, 1.165) is 16.6 Å². The molecule has 1 aliphatic rings. The third-order valence-corrected chi connectivity index (χ3v) is 5.61. The van der Waals surface area contributed by atoms with E-state index >= 15 is 0 Å². The van der Waals surface area contributed by atoms with E-state index in [2.05, 4.69) is 38.4 Å². The van der Waals surface area contributed by atoms with Crippen LogP contribution in [0.25, 0.3) is 0 Å². The molecule has 1 aromatic carbocycles. The highest BCUT2D eigenvalue weighted by Crippen LogP contribution is 2.21. The Morgan fingerprint density at radius 2 is 2.14 bits per heavy atom. The lowest BCUT2D eigenvalue weighted by molar-refractivity contribution is -0.917. The number of aromatic hydroxyl groups is 1. The Balaban J connectivity index is 1.73. The van der Waals surface area contributed by atoms with Crippen molar-refractivity contribution < 1.29 is 10.0 Å². The van der Waals surface area contributed by atoms with Crippen LogP contribution in [0.5, 0.6) is 5.75 Å². The van der Waals surface area contributed by atoms with Crippen molar-refractivity contribution in [1.29, 1.82) is 0 Å². The molecule has 0 aliphatic carbocycles. The van der Waals surface area contributed by atoms with Gasteiger partial charge in [0.25, 0.3) is 0 Å². The summed E-state index contributed by atoms with van der Waals surface area (Å²) in [5, 5.41) is 12.0. The number of phenolic OH excluding ortho intramolecular Hbond substituents is 1. The first-order valence-electron chi connectivity index (χ1n) is 7.60. The molecule has 1 atom stereocenters. The molecule has 1 saturated heterocycles. The molecule has 22 heavy (non-hydrogen) atoms. The van der Waals surface area contributed by atoms with Crippen molar-refractivity contribution in [2.45, 2.75) is 18.9 Å². The lowest BCUT2D eigenvalue weighted by Gasteiger charge is -2.22. The first-order chi connectivity index (χ1) is 10.7. The fourth-order valence-corrected chi connectivity index (χ4v) is 4.23. The van der Waals surface area contributed by atoms with E-state index in [1.807, 2.05) is 23.5 Å². The zero-order chi connectivity index (χ0) is 15.4. The molecule has 2 N–H and O–H groups in total. The van der Waals surface area contributed by atoms with Gasteiger partial charge < -0.3 is 10.0 Å². The molecule has 5 heteroatoms. The summed E-state index contributed by atoms with van der Waals surface area (Å²) in [7, 11) is 0. The summed E-state index contributed by atoms with van der Waals surface area (Å²) < 4.78 is 0.951. The van der Waals surface area contributed by atoms with Gasteiger partial charge in [-0.25, -0.2) is 0 Å². The van der Waals surface area contributed by atoms with Crippen molar-refractivity contribution >= 4 is 33.5 Å². The van der Waals surface area contributed by atoms with Crippen LogP contribution in [0.2, 0.25) is 0 Å². The molecule has 2 heterocycles. The Labute approximate surface area is 143 Å². The average molecular weight is 380 g/mol. The maximum absolute atomic E-state index is 9.88. The molecule has 0 amide bonds. The molecule has 2 aromatic rings. The second-order valence-electron chi connectivity index (χ2n) is 5.63. The maximum Gasteiger partial charge on any atom is 0.142 e. The van der Waals surface area contributed by atoms with E-state index < -0.39 is 0 Å². The number of phenols is 1. The van der Waals surface area contributed by atoms with Gasteiger partial charge in [0.05, 0.1) is 24.5 Å². The first kappa shape index (κ1) is 15.7. The molecule has 116 valence electrons. The molecule has 0 bridgehead atoms. The molecular formula is C17H20BrN2OS+. The number of nitrogens with zero attached hydrogens (tertiary/aromatic N) is 1. The van der Waals surface area contributed by atoms with Crippen LogP contribution in [-0.2, 0) is 0 Å². The third kappa shape index (κ3) is 3.77. The number of aliphatic imine (C=N–C) groups is 1. The highest BCUT2D eigenvalue weighted by molar-refractivity contribution is 9.10. The number of nitrogens with one attached hydrogen (secondary N) is 1. The maximum atomic E-state index is 9.88. The molecule has 1 fully saturated rings. The van der Waals surface area contributed by atoms with Crippen molar-refractivity contribution in [2.75, 3.05) is 19.6 Å². The predicted octanol–water partition coefficient (Wildman–Crippen LogP) is 3.06. The number of thiophene rings is 1. The molecule has 1 aliphatic heterocycles. The number of halogens is 1. The van der Waals surface area contributed by atoms with Crippen molar-refractivity contribution in [3.05, 3.63) is 50.6 Å². The van der Waals surface area contributed by atoms with Crippen molar-refractivity contribution in [3.63, 3.8) is 0 Å². The second kappa shape index (κ2) is 7.40. The molecule has 0 unspecified atom stereocenters. The highest BCUT2D eigenvalue weighted by Gasteiger charge is 2.27. The average Bonchev–Trinajstić information content (AvgIpc) is 3.20. The van der Waals surface area contributed by atoms with Gasteiger partial charge in [0.15, 0.2) is 0 Å². The van der Waals surface area contributed by atoms with Gasteiger partial charge in [0.1, 0.15) is 11.8 Å². The highest BCUT2D eigenvalue weighted by atomic mass is 79.9. The molecular weight excluding hydrogens is 360 g/mol. The Morgan fingerprint density at radius 1 is 1.32 bits per heavy atom. The quantitative estimate of drug-likeness (QED) is 0.769. The minimum atomic E-state index is 0.271. The lowest BCUT2D eigenvalue weighted by atomic mass is 10.2. The number of likely N-dealkylation sites (tertiary alicyclic amines) is 1. The predicted molar refractivity (Wildman–Crippen MR) is 95.3 cm³/mol. The number of rotatable bonds is 5. The van der Waals surface area contributed by atoms with Crippen LogP contribution in [0.4, 0.5) is 0 Å². The zero-order valence-electron chi connectivity index (χ0n) is 12.3. The van der Waals surface area contributed by atoms with Gasteiger partial charge in [0, 0.05) is 29.1 Å². The summed E-state index contributed by atoms with van der Waals surface area (Å²) in [4.78, 5) is 7.67. The smallest absolute Gasteiger partial charge is 0.142 e. The normalized spacial score (nSPS) is 17.3. The van der Waals surface area contributed by atoms with Gasteiger partial charge in [-0.2, -0.15) is 0 Å². The van der Waals surface area contributed by atoms with Crippen LogP contribution < -0.4 is 4.90 Å². The summed E-state index contributed by atoms with van der Waals surface area (Å²) in [5.41, 5.74) is 0.760. The molecule has 3 nitrogen and oxygen atoms in total. The van der Waals surface area contributed by atoms with Crippen LogP contribution in [-0.4, -0.2) is 31.0 Å². The zero-order valence-corrected chi connectivity index (χ0v) is 14.7. The number of benzene rings is 1. The number of hydrogen-bond donors (Lipinski definition) is 2. The van der Waals surface area contributed by atoms with E-state index in [1.54, 1.807) is 17.2 Å². The monoisotopic (exact) mass is 379 g/mol. The standard InChI is InChI=1S/C17H19BrN2OS/c18-14-5-6-16(21)13(10-14)11-19-12-15(17-4-3-9-22-17)20-7-1-2-8-20/h3-6,9-11,15,21H,1-2,7-8,12H2/p+1/t15-/m0/s1. The Kier molecular flexibility index (Phi) is 5.28. The lowest BCUT2D eigenvalue weighted by Crippen LogP contribution is -3.10. The third-order valence-electron chi connectivity index (χ3n) is 4.13. The molecule has 1 aromatic heterocycles. The van der Waals surface area contributed by atoms with Crippen molar-refractivity contribution in [2.24, 2.45) is 4.99 Å². The topological polar surface area (TPSA) is 37.0 Å². The molecule has 0 spiro atoms. The van der Waals surface area contributed by atoms with Crippen molar-refractivity contribution in [1.82, 2.24) is 0 Å². The first-order valence-corrected chi connectivity index (χ1v) is 9.27. The van der Waals surface area contributed by atoms with E-state index in [0.29, 0.717) is 6.04 Å². The van der Waals surface area contributed by atoms with Gasteiger partial charge in [-0.3, -0.25) is 4.99 Å². The Hall–Kier alpha value is -1.17. The van der Waals surface area contributed by atoms with E-state index in [4.69, 9.17) is 0 Å². The minimum Gasteiger partial charge on any atom is -0.507 e. The second-order valence-corrected chi connectivity index (χ2v) is 7.53. The largest absolute Gasteiger partial charge is 0.507 e. The molecule has 0 radical (unpaired) electrons. The van der Waals surface area contributed by atoms with Gasteiger partial charge in [-0.1, -0.05) is 22.0 Å². The number of quaternary nitrogens is 1. The minimum absolute atomic E-state index is 0.271. The summed E-state index contributed by atoms with van der Waals surface area (Å²) in [5.74, 6) is 0.271. The van der Waals surface area contributed by atoms with Gasteiger partial charge in [-0.15, -0.1) is 11.3 Å². The van der Waals surface area contributed by atoms with Gasteiger partial charge in [0.2, 0.25) is 0 Å². The SMILES string of the molecule is Oc1ccc(Br)cc1C=NC[C@@H](c1cccs1)[NH+]1CCCC1. The van der Waals surface area contributed by atoms with Crippen LogP contribution in [0.1, 0.15) is 29.3 Å². The van der Waals surface area contributed by atoms with E-state index in [-0.39, 0.29) is 5.75 Å². The Morgan fingerprint density at radius 3 is 2.86 bits per heavy atom. The summed E-state index contributed by atoms with van der Waals surface area (Å²) in [6.07, 6.45) is 4.41. The van der Waals surface area contributed by atoms with Crippen LogP contribution in [0, 0.1) is 0 Å². The Bertz CT molecular complexity index is 636. The fourth-order valence-electron chi connectivity index (χ4n) is 2.97. The van der Waals surface area contributed by atoms with E-state index in [9.17, 15) is 5.11 Å². The molecule has 0 saturated carbocycles. The fraction of sp³-hybridized carbons (Fsp3) is 0.353. The van der Waals surface area contributed by atoms with Crippen LogP contribution in [0.3, 0.4) is 0 Å². The summed E-state index contributed by atoms with van der Waals surface area (Å²) in [6.45, 7) is 3.24. The van der Waals surface area contributed by atoms with Gasteiger partial charge in [-0.05, 0) is 29.6 Å². The van der Waals surface area contributed by atoms with E-state index in [1.165, 1.54) is 30.8 Å². The van der Waals surface area contributed by atoms with Gasteiger partial charge >= 0.3 is 0 Å². The van der Waals surface area contributed by atoms with Crippen LogP contribution >= 0.6 is 27.3 Å². The summed E-state index contributed by atoms with van der Waals surface area (Å²) >= 11 is 5.25.